The van der Waals surface area contributed by atoms with Gasteiger partial charge in [0.15, 0.2) is 0 Å². The monoisotopic (exact) mass is 297 g/mol. The topological polar surface area (TPSA) is 66.4 Å². The van der Waals surface area contributed by atoms with Crippen molar-refractivity contribution in [1.29, 1.82) is 0 Å². The third-order valence-corrected chi connectivity index (χ3v) is 4.56. The molecule has 2 N–H and O–H groups in total. The van der Waals surface area contributed by atoms with Crippen LogP contribution in [0.25, 0.3) is 0 Å². The van der Waals surface area contributed by atoms with Crippen LogP contribution < -0.4 is 5.32 Å². The van der Waals surface area contributed by atoms with Crippen LogP contribution in [0.4, 0.5) is 0 Å². The zero-order valence-corrected chi connectivity index (χ0v) is 13.1. The fourth-order valence-electron chi connectivity index (χ4n) is 2.18. The number of hydrogen-bond donors (Lipinski definition) is 2. The van der Waals surface area contributed by atoms with E-state index in [4.69, 9.17) is 5.11 Å². The van der Waals surface area contributed by atoms with E-state index in [2.05, 4.69) is 19.2 Å². The third-order valence-electron chi connectivity index (χ3n) is 3.54. The van der Waals surface area contributed by atoms with E-state index in [1.807, 2.05) is 18.4 Å². The lowest BCUT2D eigenvalue weighted by Crippen LogP contribution is -2.27. The summed E-state index contributed by atoms with van der Waals surface area (Å²) in [6, 6.07) is 1.93. The average Bonchev–Trinajstić information content (AvgIpc) is 2.78. The van der Waals surface area contributed by atoms with Crippen LogP contribution in [-0.2, 0) is 4.79 Å². The maximum atomic E-state index is 11.9. The number of carboxylic acids is 1. The van der Waals surface area contributed by atoms with Gasteiger partial charge in [0.05, 0.1) is 4.88 Å². The van der Waals surface area contributed by atoms with E-state index in [-0.39, 0.29) is 12.3 Å². The smallest absolute Gasteiger partial charge is 0.303 e. The molecule has 1 aromatic rings. The second-order valence-corrected chi connectivity index (χ2v) is 6.33. The third kappa shape index (κ3) is 5.33. The molecule has 1 amide bonds. The van der Waals surface area contributed by atoms with Crippen molar-refractivity contribution in [1.82, 2.24) is 5.32 Å². The highest BCUT2D eigenvalue weighted by Crippen LogP contribution is 2.21. The van der Waals surface area contributed by atoms with Crippen LogP contribution in [0.3, 0.4) is 0 Å². The van der Waals surface area contributed by atoms with E-state index < -0.39 is 5.97 Å². The summed E-state index contributed by atoms with van der Waals surface area (Å²) in [7, 11) is 0. The Morgan fingerprint density at radius 3 is 2.55 bits per heavy atom. The lowest BCUT2D eigenvalue weighted by Gasteiger charge is -2.20. The summed E-state index contributed by atoms with van der Waals surface area (Å²) in [6.45, 7) is 6.71. The molecule has 1 atom stereocenters. The molecule has 0 saturated heterocycles. The van der Waals surface area contributed by atoms with Crippen molar-refractivity contribution in [2.75, 3.05) is 6.54 Å². The second-order valence-electron chi connectivity index (χ2n) is 5.41. The molecular weight excluding hydrogens is 274 g/mol. The van der Waals surface area contributed by atoms with Crippen LogP contribution in [-0.4, -0.2) is 23.5 Å². The Bertz CT molecular complexity index is 454. The lowest BCUT2D eigenvalue weighted by atomic mass is 9.88. The van der Waals surface area contributed by atoms with Crippen molar-refractivity contribution in [2.24, 2.45) is 11.8 Å². The molecule has 1 rings (SSSR count). The van der Waals surface area contributed by atoms with E-state index in [1.54, 1.807) is 0 Å². The molecule has 0 spiro atoms. The number of amides is 1. The van der Waals surface area contributed by atoms with Crippen LogP contribution in [0.1, 0.15) is 48.3 Å². The lowest BCUT2D eigenvalue weighted by molar-refractivity contribution is -0.137. The highest BCUT2D eigenvalue weighted by atomic mass is 32.1. The van der Waals surface area contributed by atoms with Crippen LogP contribution >= 0.6 is 11.3 Å². The summed E-state index contributed by atoms with van der Waals surface area (Å²) >= 11 is 1.45. The highest BCUT2D eigenvalue weighted by molar-refractivity contribution is 7.12. The number of hydrogen-bond acceptors (Lipinski definition) is 3. The molecule has 0 aliphatic carbocycles. The average molecular weight is 297 g/mol. The maximum Gasteiger partial charge on any atom is 0.303 e. The minimum absolute atomic E-state index is 0.0294. The van der Waals surface area contributed by atoms with Gasteiger partial charge in [0, 0.05) is 13.0 Å². The molecule has 0 saturated carbocycles. The van der Waals surface area contributed by atoms with Crippen LogP contribution in [0.2, 0.25) is 0 Å². The van der Waals surface area contributed by atoms with E-state index in [0.29, 0.717) is 24.8 Å². The molecule has 1 aromatic heterocycles. The first-order valence-electron chi connectivity index (χ1n) is 6.96. The molecule has 0 aromatic carbocycles. The predicted octanol–water partition coefficient (Wildman–Crippen LogP) is 3.31. The van der Waals surface area contributed by atoms with Crippen molar-refractivity contribution in [3.05, 3.63) is 21.9 Å². The highest BCUT2D eigenvalue weighted by Gasteiger charge is 2.16. The van der Waals surface area contributed by atoms with Gasteiger partial charge >= 0.3 is 5.97 Å². The van der Waals surface area contributed by atoms with Crippen LogP contribution in [0.5, 0.6) is 0 Å². The molecule has 5 heteroatoms. The summed E-state index contributed by atoms with van der Waals surface area (Å²) in [5.41, 5.74) is 0.999. The molecule has 0 aliphatic heterocycles. The van der Waals surface area contributed by atoms with Gasteiger partial charge in [-0.05, 0) is 48.6 Å². The van der Waals surface area contributed by atoms with Crippen molar-refractivity contribution in [2.45, 2.75) is 40.0 Å². The number of carbonyl (C=O) groups excluding carboxylic acids is 1. The van der Waals surface area contributed by atoms with Crippen LogP contribution in [0, 0.1) is 18.8 Å². The number of carbonyl (C=O) groups is 2. The zero-order valence-electron chi connectivity index (χ0n) is 12.3. The van der Waals surface area contributed by atoms with E-state index in [1.165, 1.54) is 11.3 Å². The molecule has 4 nitrogen and oxygen atoms in total. The van der Waals surface area contributed by atoms with Gasteiger partial charge in [-0.15, -0.1) is 11.3 Å². The Morgan fingerprint density at radius 2 is 2.05 bits per heavy atom. The number of aliphatic carboxylic acids is 1. The summed E-state index contributed by atoms with van der Waals surface area (Å²) in [5.74, 6) is -0.0299. The zero-order chi connectivity index (χ0) is 15.1. The van der Waals surface area contributed by atoms with E-state index >= 15 is 0 Å². The molecule has 20 heavy (non-hydrogen) atoms. The van der Waals surface area contributed by atoms with Gasteiger partial charge in [0.2, 0.25) is 0 Å². The molecule has 1 heterocycles. The normalized spacial score (nSPS) is 12.4. The Balaban J connectivity index is 2.38. The van der Waals surface area contributed by atoms with Gasteiger partial charge in [-0.2, -0.15) is 0 Å². The first kappa shape index (κ1) is 16.7. The molecule has 0 bridgehead atoms. The summed E-state index contributed by atoms with van der Waals surface area (Å²) in [4.78, 5) is 23.3. The van der Waals surface area contributed by atoms with Crippen molar-refractivity contribution < 1.29 is 14.7 Å². The Labute approximate surface area is 124 Å². The summed E-state index contributed by atoms with van der Waals surface area (Å²) in [6.07, 6.45) is 1.68. The molecular formula is C15H23NO3S. The SMILES string of the molecule is Cc1ccsc1C(=O)NCCC(CCC(=O)O)C(C)C. The van der Waals surface area contributed by atoms with Gasteiger partial charge in [-0.3, -0.25) is 9.59 Å². The van der Waals surface area contributed by atoms with E-state index in [0.717, 1.165) is 16.9 Å². The minimum Gasteiger partial charge on any atom is -0.481 e. The fourth-order valence-corrected chi connectivity index (χ4v) is 3.02. The van der Waals surface area contributed by atoms with Crippen molar-refractivity contribution in [3.63, 3.8) is 0 Å². The summed E-state index contributed by atoms with van der Waals surface area (Å²) in [5, 5.41) is 13.6. The maximum absolute atomic E-state index is 11.9. The Kier molecular flexibility index (Phi) is 6.71. The second kappa shape index (κ2) is 8.04. The largest absolute Gasteiger partial charge is 0.481 e. The van der Waals surface area contributed by atoms with Crippen molar-refractivity contribution in [3.8, 4) is 0 Å². The Morgan fingerprint density at radius 1 is 1.35 bits per heavy atom. The quantitative estimate of drug-likeness (QED) is 0.773. The Hall–Kier alpha value is -1.36. The molecule has 0 radical (unpaired) electrons. The van der Waals surface area contributed by atoms with Gasteiger partial charge in [-0.25, -0.2) is 0 Å². The van der Waals surface area contributed by atoms with Gasteiger partial charge in [0.25, 0.3) is 5.91 Å². The molecule has 0 fully saturated rings. The molecule has 112 valence electrons. The first-order chi connectivity index (χ1) is 9.41. The molecule has 0 aliphatic rings. The van der Waals surface area contributed by atoms with Crippen molar-refractivity contribution >= 4 is 23.2 Å². The fraction of sp³-hybridized carbons (Fsp3) is 0.600. The minimum atomic E-state index is -0.756. The standard InChI is InChI=1S/C15H23NO3S/c1-10(2)12(4-5-13(17)18)6-8-16-15(19)14-11(3)7-9-20-14/h7,9-10,12H,4-6,8H2,1-3H3,(H,16,19)(H,17,18). The number of carboxylic acid groups (broad SMARTS) is 1. The summed E-state index contributed by atoms with van der Waals surface area (Å²) < 4.78 is 0. The number of rotatable bonds is 8. The van der Waals surface area contributed by atoms with Crippen LogP contribution in [0.15, 0.2) is 11.4 Å². The van der Waals surface area contributed by atoms with Gasteiger partial charge < -0.3 is 10.4 Å². The van der Waals surface area contributed by atoms with E-state index in [9.17, 15) is 9.59 Å². The number of aryl methyl sites for hydroxylation is 1. The number of thiophene rings is 1. The molecule has 1 unspecified atom stereocenters. The predicted molar refractivity (Wildman–Crippen MR) is 81.2 cm³/mol. The van der Waals surface area contributed by atoms with Gasteiger partial charge in [-0.1, -0.05) is 13.8 Å². The first-order valence-corrected chi connectivity index (χ1v) is 7.83. The van der Waals surface area contributed by atoms with Gasteiger partial charge in [0.1, 0.15) is 0 Å². The number of nitrogens with one attached hydrogen (secondary N) is 1.